The molecule has 1 aromatic heterocycles. The molecule has 1 amide bonds. The minimum Gasteiger partial charge on any atom is -0.493 e. The maximum Gasteiger partial charge on any atom is 0.272 e. The van der Waals surface area contributed by atoms with E-state index in [4.69, 9.17) is 14.6 Å². The number of aliphatic hydroxyl groups excluding tert-OH is 2. The van der Waals surface area contributed by atoms with Gasteiger partial charge in [0.2, 0.25) is 0 Å². The van der Waals surface area contributed by atoms with Gasteiger partial charge in [0.15, 0.2) is 11.5 Å². The van der Waals surface area contributed by atoms with E-state index in [2.05, 4.69) is 36.2 Å². The molecule has 7 nitrogen and oxygen atoms in total. The van der Waals surface area contributed by atoms with Crippen LogP contribution in [0, 0.1) is 0 Å². The standard InChI is InChI=1S/C29H34N2O5/c1-3-20-4-6-22(7-5-20)19-36-27-11-9-23(15-28(27)35-2)24-16-31(17-24)29(34)26-14-21(12-13-30-26)8-10-25(33)18-32/h4-7,9,11-15,24-25,32-33H,3,8,10,16-19H2,1-2H3. The summed E-state index contributed by atoms with van der Waals surface area (Å²) in [6.45, 7) is 3.56. The summed E-state index contributed by atoms with van der Waals surface area (Å²) >= 11 is 0. The van der Waals surface area contributed by atoms with Crippen molar-refractivity contribution in [1.29, 1.82) is 0 Å². The highest BCUT2D eigenvalue weighted by molar-refractivity contribution is 5.93. The Bertz CT molecular complexity index is 1160. The Hall–Kier alpha value is -3.42. The molecule has 0 radical (unpaired) electrons. The summed E-state index contributed by atoms with van der Waals surface area (Å²) in [5.41, 5.74) is 4.83. The molecule has 0 saturated carbocycles. The van der Waals surface area contributed by atoms with Crippen molar-refractivity contribution in [3.05, 3.63) is 88.7 Å². The molecule has 4 rings (SSSR count). The fraction of sp³-hybridized carbons (Fsp3) is 0.379. The van der Waals surface area contributed by atoms with Gasteiger partial charge in [0.25, 0.3) is 5.91 Å². The van der Waals surface area contributed by atoms with Gasteiger partial charge in [-0.3, -0.25) is 9.78 Å². The van der Waals surface area contributed by atoms with Gasteiger partial charge >= 0.3 is 0 Å². The van der Waals surface area contributed by atoms with Gasteiger partial charge in [-0.05, 0) is 65.8 Å². The second-order valence-electron chi connectivity index (χ2n) is 9.20. The van der Waals surface area contributed by atoms with E-state index in [0.717, 1.165) is 23.1 Å². The van der Waals surface area contributed by atoms with Gasteiger partial charge in [-0.2, -0.15) is 0 Å². The monoisotopic (exact) mass is 490 g/mol. The maximum atomic E-state index is 12.9. The van der Waals surface area contributed by atoms with Crippen molar-refractivity contribution in [2.45, 2.75) is 44.8 Å². The number of carbonyl (C=O) groups is 1. The zero-order valence-electron chi connectivity index (χ0n) is 20.9. The summed E-state index contributed by atoms with van der Waals surface area (Å²) < 4.78 is 11.6. The lowest BCUT2D eigenvalue weighted by Gasteiger charge is -2.39. The first kappa shape index (κ1) is 25.7. The smallest absolute Gasteiger partial charge is 0.272 e. The largest absolute Gasteiger partial charge is 0.493 e. The Morgan fingerprint density at radius 1 is 1.06 bits per heavy atom. The third kappa shape index (κ3) is 6.22. The molecular formula is C29H34N2O5. The SMILES string of the molecule is CCc1ccc(COc2ccc(C3CN(C(=O)c4cc(CCC(O)CO)ccn4)C3)cc2OC)cc1. The summed E-state index contributed by atoms with van der Waals surface area (Å²) in [6.07, 6.45) is 2.89. The van der Waals surface area contributed by atoms with Crippen LogP contribution in [-0.2, 0) is 19.4 Å². The third-order valence-electron chi connectivity index (χ3n) is 6.67. The van der Waals surface area contributed by atoms with Gasteiger partial charge in [-0.25, -0.2) is 0 Å². The number of aryl methyl sites for hydroxylation is 2. The fourth-order valence-corrected chi connectivity index (χ4v) is 4.28. The van der Waals surface area contributed by atoms with E-state index in [9.17, 15) is 9.90 Å². The average Bonchev–Trinajstić information content (AvgIpc) is 2.90. The molecule has 0 spiro atoms. The van der Waals surface area contributed by atoms with E-state index in [1.54, 1.807) is 24.3 Å². The normalized spacial score (nSPS) is 14.3. The zero-order chi connectivity index (χ0) is 25.5. The first-order valence-electron chi connectivity index (χ1n) is 12.4. The molecule has 7 heteroatoms. The fourth-order valence-electron chi connectivity index (χ4n) is 4.28. The van der Waals surface area contributed by atoms with Crippen molar-refractivity contribution in [3.63, 3.8) is 0 Å². The molecule has 2 N–H and O–H groups in total. The number of amides is 1. The number of likely N-dealkylation sites (tertiary alicyclic amines) is 1. The highest BCUT2D eigenvalue weighted by Crippen LogP contribution is 2.35. The number of pyridine rings is 1. The lowest BCUT2D eigenvalue weighted by atomic mass is 9.90. The van der Waals surface area contributed by atoms with Crippen molar-refractivity contribution >= 4 is 5.91 Å². The molecule has 1 fully saturated rings. The summed E-state index contributed by atoms with van der Waals surface area (Å²) in [4.78, 5) is 18.9. The molecule has 1 unspecified atom stereocenters. The molecule has 1 atom stereocenters. The second kappa shape index (κ2) is 12.0. The quantitative estimate of drug-likeness (QED) is 0.425. The van der Waals surface area contributed by atoms with Gasteiger partial charge < -0.3 is 24.6 Å². The average molecular weight is 491 g/mol. The Balaban J connectivity index is 1.33. The van der Waals surface area contributed by atoms with Gasteiger partial charge in [0.1, 0.15) is 12.3 Å². The molecule has 1 aliphatic rings. The van der Waals surface area contributed by atoms with E-state index >= 15 is 0 Å². The summed E-state index contributed by atoms with van der Waals surface area (Å²) in [7, 11) is 1.64. The van der Waals surface area contributed by atoms with Gasteiger partial charge in [0.05, 0.1) is 19.8 Å². The summed E-state index contributed by atoms with van der Waals surface area (Å²) in [5, 5.41) is 18.6. The van der Waals surface area contributed by atoms with E-state index in [1.165, 1.54) is 5.56 Å². The predicted molar refractivity (Wildman–Crippen MR) is 137 cm³/mol. The lowest BCUT2D eigenvalue weighted by molar-refractivity contribution is 0.0595. The van der Waals surface area contributed by atoms with Crippen LogP contribution in [0.1, 0.15) is 52.0 Å². The first-order chi connectivity index (χ1) is 17.5. The minimum atomic E-state index is -0.755. The van der Waals surface area contributed by atoms with Crippen LogP contribution in [0.15, 0.2) is 60.8 Å². The number of rotatable bonds is 11. The van der Waals surface area contributed by atoms with Gasteiger partial charge in [-0.15, -0.1) is 0 Å². The van der Waals surface area contributed by atoms with E-state index in [1.807, 2.05) is 24.3 Å². The first-order valence-corrected chi connectivity index (χ1v) is 12.4. The number of methoxy groups -OCH3 is 1. The molecular weight excluding hydrogens is 456 g/mol. The number of benzene rings is 2. The van der Waals surface area contributed by atoms with E-state index in [0.29, 0.717) is 49.7 Å². The Morgan fingerprint density at radius 2 is 1.81 bits per heavy atom. The van der Waals surface area contributed by atoms with Crippen molar-refractivity contribution in [2.24, 2.45) is 0 Å². The van der Waals surface area contributed by atoms with Gasteiger partial charge in [0, 0.05) is 25.2 Å². The van der Waals surface area contributed by atoms with Crippen LogP contribution >= 0.6 is 0 Å². The number of aromatic nitrogens is 1. The molecule has 0 bridgehead atoms. The molecule has 0 aliphatic carbocycles. The lowest BCUT2D eigenvalue weighted by Crippen LogP contribution is -2.48. The maximum absolute atomic E-state index is 12.9. The van der Waals surface area contributed by atoms with Crippen molar-refractivity contribution in [1.82, 2.24) is 9.88 Å². The third-order valence-corrected chi connectivity index (χ3v) is 6.67. The highest BCUT2D eigenvalue weighted by atomic mass is 16.5. The minimum absolute atomic E-state index is 0.100. The molecule has 1 aliphatic heterocycles. The van der Waals surface area contributed by atoms with Crippen LogP contribution in [0.4, 0.5) is 0 Å². The van der Waals surface area contributed by atoms with Crippen LogP contribution in [0.5, 0.6) is 11.5 Å². The molecule has 190 valence electrons. The number of hydrogen-bond acceptors (Lipinski definition) is 6. The van der Waals surface area contributed by atoms with E-state index < -0.39 is 6.10 Å². The van der Waals surface area contributed by atoms with Crippen LogP contribution in [0.25, 0.3) is 0 Å². The second-order valence-corrected chi connectivity index (χ2v) is 9.20. The number of aliphatic hydroxyl groups is 2. The summed E-state index contributed by atoms with van der Waals surface area (Å²) in [6, 6.07) is 18.0. The zero-order valence-corrected chi connectivity index (χ0v) is 20.9. The highest BCUT2D eigenvalue weighted by Gasteiger charge is 2.33. The topological polar surface area (TPSA) is 92.1 Å². The Labute approximate surface area is 212 Å². The number of hydrogen-bond donors (Lipinski definition) is 2. The number of nitrogens with zero attached hydrogens (tertiary/aromatic N) is 2. The molecule has 3 aromatic rings. The van der Waals surface area contributed by atoms with Crippen LogP contribution < -0.4 is 9.47 Å². The molecule has 2 heterocycles. The number of ether oxygens (including phenoxy) is 2. The molecule has 36 heavy (non-hydrogen) atoms. The van der Waals surface area contributed by atoms with Gasteiger partial charge in [-0.1, -0.05) is 37.3 Å². The van der Waals surface area contributed by atoms with Crippen molar-refractivity contribution in [2.75, 3.05) is 26.8 Å². The number of carbonyl (C=O) groups excluding carboxylic acids is 1. The summed E-state index contributed by atoms with van der Waals surface area (Å²) in [5.74, 6) is 1.50. The molecule has 2 aromatic carbocycles. The van der Waals surface area contributed by atoms with Crippen LogP contribution in [0.3, 0.4) is 0 Å². The van der Waals surface area contributed by atoms with Crippen LogP contribution in [-0.4, -0.2) is 58.9 Å². The van der Waals surface area contributed by atoms with Crippen molar-refractivity contribution < 1.29 is 24.5 Å². The van der Waals surface area contributed by atoms with Crippen LogP contribution in [0.2, 0.25) is 0 Å². The Morgan fingerprint density at radius 3 is 2.50 bits per heavy atom. The molecule has 1 saturated heterocycles. The van der Waals surface area contributed by atoms with Crippen molar-refractivity contribution in [3.8, 4) is 11.5 Å². The van der Waals surface area contributed by atoms with E-state index in [-0.39, 0.29) is 18.4 Å². The Kier molecular flexibility index (Phi) is 8.57. The predicted octanol–water partition coefficient (Wildman–Crippen LogP) is 3.76.